The summed E-state index contributed by atoms with van der Waals surface area (Å²) in [5.74, 6) is 0.846. The average molecular weight is 315 g/mol. The minimum absolute atomic E-state index is 0.0679. The lowest BCUT2D eigenvalue weighted by Crippen LogP contribution is -2.02. The van der Waals surface area contributed by atoms with Gasteiger partial charge in [0.1, 0.15) is 5.75 Å². The van der Waals surface area contributed by atoms with E-state index in [1.54, 1.807) is 0 Å². The molecule has 0 heterocycles. The van der Waals surface area contributed by atoms with E-state index in [0.717, 1.165) is 29.5 Å². The molecule has 1 atom stereocenters. The van der Waals surface area contributed by atoms with Crippen molar-refractivity contribution in [3.8, 4) is 11.8 Å². The van der Waals surface area contributed by atoms with E-state index in [4.69, 9.17) is 4.74 Å². The van der Waals surface area contributed by atoms with Gasteiger partial charge >= 0.3 is 0 Å². The normalized spacial score (nSPS) is 11.8. The summed E-state index contributed by atoms with van der Waals surface area (Å²) in [6, 6.07) is 25.0. The largest absolute Gasteiger partial charge is 0.493 e. The highest BCUT2D eigenvalue weighted by Gasteiger charge is 2.10. The van der Waals surface area contributed by atoms with Crippen LogP contribution < -0.4 is 4.74 Å². The van der Waals surface area contributed by atoms with Crippen LogP contribution >= 0.6 is 0 Å². The second kappa shape index (κ2) is 7.66. The first-order valence-electron chi connectivity index (χ1n) is 8.34. The molecule has 3 aromatic carbocycles. The fraction of sp³-hybridized carbons (Fsp3) is 0.227. The van der Waals surface area contributed by atoms with E-state index in [1.807, 2.05) is 24.3 Å². The van der Waals surface area contributed by atoms with E-state index >= 15 is 0 Å². The zero-order valence-electron chi connectivity index (χ0n) is 13.9. The Morgan fingerprint density at radius 2 is 1.71 bits per heavy atom. The summed E-state index contributed by atoms with van der Waals surface area (Å²) in [4.78, 5) is 0. The minimum Gasteiger partial charge on any atom is -0.493 e. The molecule has 0 saturated carbocycles. The number of rotatable bonds is 6. The van der Waals surface area contributed by atoms with Gasteiger partial charge in [-0.05, 0) is 36.8 Å². The Labute approximate surface area is 143 Å². The molecule has 0 fully saturated rings. The summed E-state index contributed by atoms with van der Waals surface area (Å²) in [7, 11) is 0. The predicted molar refractivity (Wildman–Crippen MR) is 98.2 cm³/mol. The molecule has 0 saturated heterocycles. The Balaban J connectivity index is 1.58. The van der Waals surface area contributed by atoms with Crippen molar-refractivity contribution in [1.29, 1.82) is 5.26 Å². The first-order chi connectivity index (χ1) is 11.8. The number of hydrogen-bond acceptors (Lipinski definition) is 2. The van der Waals surface area contributed by atoms with Crippen molar-refractivity contribution in [3.63, 3.8) is 0 Å². The lowest BCUT2D eigenvalue weighted by Gasteiger charge is -2.12. The van der Waals surface area contributed by atoms with Crippen LogP contribution in [0.15, 0.2) is 66.7 Å². The number of fused-ring (bicyclic) bond motifs is 1. The molecule has 0 N–H and O–H groups in total. The van der Waals surface area contributed by atoms with Crippen LogP contribution in [0, 0.1) is 18.3 Å². The van der Waals surface area contributed by atoms with Gasteiger partial charge in [0.05, 0.1) is 18.6 Å². The van der Waals surface area contributed by atoms with Gasteiger partial charge in [0.15, 0.2) is 0 Å². The maximum Gasteiger partial charge on any atom is 0.127 e. The summed E-state index contributed by atoms with van der Waals surface area (Å²) in [6.07, 6.45) is 1.67. The molecule has 0 aliphatic heterocycles. The fourth-order valence-electron chi connectivity index (χ4n) is 2.90. The van der Waals surface area contributed by atoms with Crippen LogP contribution in [0.2, 0.25) is 0 Å². The number of benzene rings is 3. The van der Waals surface area contributed by atoms with Crippen molar-refractivity contribution in [2.75, 3.05) is 6.61 Å². The third kappa shape index (κ3) is 3.75. The van der Waals surface area contributed by atoms with Crippen molar-refractivity contribution in [3.05, 3.63) is 77.9 Å². The maximum atomic E-state index is 9.42. The second-order valence-corrected chi connectivity index (χ2v) is 6.06. The maximum absolute atomic E-state index is 9.42. The molecule has 0 amide bonds. The van der Waals surface area contributed by atoms with Crippen LogP contribution in [0.25, 0.3) is 10.8 Å². The van der Waals surface area contributed by atoms with Gasteiger partial charge in [0, 0.05) is 5.39 Å². The Kier molecular flexibility index (Phi) is 5.13. The van der Waals surface area contributed by atoms with E-state index in [-0.39, 0.29) is 5.92 Å². The molecular formula is C22H21NO. The minimum atomic E-state index is -0.0679. The molecule has 0 aliphatic carbocycles. The monoisotopic (exact) mass is 315 g/mol. The number of nitriles is 1. The summed E-state index contributed by atoms with van der Waals surface area (Å²) in [5, 5.41) is 11.7. The highest BCUT2D eigenvalue weighted by atomic mass is 16.5. The quantitative estimate of drug-likeness (QED) is 0.553. The number of aryl methyl sites for hydroxylation is 1. The number of ether oxygens (including phenoxy) is 1. The number of nitrogens with zero attached hydrogens (tertiary/aromatic N) is 1. The molecule has 0 spiro atoms. The molecular weight excluding hydrogens is 294 g/mol. The van der Waals surface area contributed by atoms with Gasteiger partial charge in [-0.1, -0.05) is 66.2 Å². The van der Waals surface area contributed by atoms with Crippen LogP contribution in [0.3, 0.4) is 0 Å². The third-order valence-corrected chi connectivity index (χ3v) is 4.28. The van der Waals surface area contributed by atoms with Gasteiger partial charge in [-0.15, -0.1) is 0 Å². The van der Waals surface area contributed by atoms with Crippen LogP contribution in [0.5, 0.6) is 5.75 Å². The van der Waals surface area contributed by atoms with Crippen LogP contribution in [-0.2, 0) is 0 Å². The summed E-state index contributed by atoms with van der Waals surface area (Å²) < 4.78 is 5.96. The van der Waals surface area contributed by atoms with Crippen molar-refractivity contribution < 1.29 is 4.74 Å². The lowest BCUT2D eigenvalue weighted by molar-refractivity contribution is 0.308. The molecule has 0 aliphatic rings. The third-order valence-electron chi connectivity index (χ3n) is 4.28. The second-order valence-electron chi connectivity index (χ2n) is 6.06. The van der Waals surface area contributed by atoms with Gasteiger partial charge in [0.25, 0.3) is 0 Å². The van der Waals surface area contributed by atoms with Crippen molar-refractivity contribution in [1.82, 2.24) is 0 Å². The van der Waals surface area contributed by atoms with Gasteiger partial charge in [-0.25, -0.2) is 0 Å². The Morgan fingerprint density at radius 1 is 0.958 bits per heavy atom. The Hall–Kier alpha value is -2.79. The van der Waals surface area contributed by atoms with E-state index < -0.39 is 0 Å². The Bertz CT molecular complexity index is 840. The zero-order valence-corrected chi connectivity index (χ0v) is 13.9. The van der Waals surface area contributed by atoms with Crippen molar-refractivity contribution >= 4 is 10.8 Å². The summed E-state index contributed by atoms with van der Waals surface area (Å²) in [5.41, 5.74) is 2.31. The smallest absolute Gasteiger partial charge is 0.127 e. The summed E-state index contributed by atoms with van der Waals surface area (Å²) in [6.45, 7) is 2.68. The highest BCUT2D eigenvalue weighted by Crippen LogP contribution is 2.26. The van der Waals surface area contributed by atoms with Gasteiger partial charge in [-0.3, -0.25) is 0 Å². The van der Waals surface area contributed by atoms with Crippen LogP contribution in [0.1, 0.15) is 29.9 Å². The molecule has 0 radical (unpaired) electrons. The van der Waals surface area contributed by atoms with Crippen LogP contribution in [-0.4, -0.2) is 6.61 Å². The van der Waals surface area contributed by atoms with E-state index in [0.29, 0.717) is 6.61 Å². The fourth-order valence-corrected chi connectivity index (χ4v) is 2.90. The molecule has 2 heteroatoms. The molecule has 3 aromatic rings. The first kappa shape index (κ1) is 16.1. The molecule has 2 nitrogen and oxygen atoms in total. The number of hydrogen-bond donors (Lipinski definition) is 0. The molecule has 0 bridgehead atoms. The van der Waals surface area contributed by atoms with Gasteiger partial charge in [0.2, 0.25) is 0 Å². The van der Waals surface area contributed by atoms with E-state index in [9.17, 15) is 5.26 Å². The molecule has 0 aromatic heterocycles. The lowest BCUT2D eigenvalue weighted by atomic mass is 9.95. The van der Waals surface area contributed by atoms with E-state index in [1.165, 1.54) is 10.9 Å². The Morgan fingerprint density at radius 3 is 2.50 bits per heavy atom. The van der Waals surface area contributed by atoms with Gasteiger partial charge in [-0.2, -0.15) is 5.26 Å². The van der Waals surface area contributed by atoms with Gasteiger partial charge < -0.3 is 4.74 Å². The summed E-state index contributed by atoms with van der Waals surface area (Å²) >= 11 is 0. The standard InChI is InChI=1S/C22H21NO/c1-17-11-13-18(14-12-17)20(16-23)8-5-15-24-22-10-4-7-19-6-2-3-9-21(19)22/h2-4,6-7,9-14,20H,5,8,15H2,1H3. The first-order valence-corrected chi connectivity index (χ1v) is 8.34. The molecule has 1 unspecified atom stereocenters. The predicted octanol–water partition coefficient (Wildman–Crippen LogP) is 5.61. The average Bonchev–Trinajstić information content (AvgIpc) is 2.63. The molecule has 120 valence electrons. The highest BCUT2D eigenvalue weighted by molar-refractivity contribution is 5.88. The SMILES string of the molecule is Cc1ccc(C(C#N)CCCOc2cccc3ccccc23)cc1. The van der Waals surface area contributed by atoms with Crippen molar-refractivity contribution in [2.24, 2.45) is 0 Å². The topological polar surface area (TPSA) is 33.0 Å². The molecule has 24 heavy (non-hydrogen) atoms. The van der Waals surface area contributed by atoms with Crippen molar-refractivity contribution in [2.45, 2.75) is 25.7 Å². The molecule has 3 rings (SSSR count). The zero-order chi connectivity index (χ0) is 16.8. The van der Waals surface area contributed by atoms with E-state index in [2.05, 4.69) is 55.5 Å². The van der Waals surface area contributed by atoms with Crippen LogP contribution in [0.4, 0.5) is 0 Å².